The van der Waals surface area contributed by atoms with E-state index < -0.39 is 11.9 Å². The maximum Gasteiger partial charge on any atom is 0.245 e. The molecule has 0 aliphatic heterocycles. The first kappa shape index (κ1) is 37.3. The number of hydrogen-bond donors (Lipinski definition) is 4. The van der Waals surface area contributed by atoms with Crippen molar-refractivity contribution >= 4 is 17.7 Å². The lowest BCUT2D eigenvalue weighted by atomic mass is 10.0. The largest absolute Gasteiger partial charge is 0.377 e. The molecule has 0 radical (unpaired) electrons. The van der Waals surface area contributed by atoms with E-state index in [0.29, 0.717) is 45.8 Å². The fourth-order valence-corrected chi connectivity index (χ4v) is 4.30. The topological polar surface area (TPSA) is 146 Å². The van der Waals surface area contributed by atoms with Gasteiger partial charge in [-0.1, -0.05) is 96.8 Å². The van der Waals surface area contributed by atoms with Gasteiger partial charge in [-0.2, -0.15) is 0 Å². The molecule has 3 amide bonds. The van der Waals surface area contributed by atoms with Crippen LogP contribution < -0.4 is 22.1 Å². The quantitative estimate of drug-likeness (QED) is 0.0959. The molecule has 6 N–H and O–H groups in total. The van der Waals surface area contributed by atoms with Gasteiger partial charge in [-0.3, -0.25) is 14.4 Å². The highest BCUT2D eigenvalue weighted by atomic mass is 16.5. The summed E-state index contributed by atoms with van der Waals surface area (Å²) in [6.45, 7) is 4.33. The Morgan fingerprint density at radius 2 is 1.13 bits per heavy atom. The molecule has 0 fully saturated rings. The SMILES string of the molecule is CCCCCCCCCCCCCCCCCC(=O)NCCOCCOCC(=O)NCCCC[C@H](N)C(N)=O. The predicted molar refractivity (Wildman–Crippen MR) is 158 cm³/mol. The lowest BCUT2D eigenvalue weighted by molar-refractivity contribution is -0.126. The second-order valence-corrected chi connectivity index (χ2v) is 10.6. The molecule has 0 spiro atoms. The minimum Gasteiger partial charge on any atom is -0.377 e. The van der Waals surface area contributed by atoms with Gasteiger partial charge in [0, 0.05) is 19.5 Å². The van der Waals surface area contributed by atoms with Crippen LogP contribution in [0.5, 0.6) is 0 Å². The second-order valence-electron chi connectivity index (χ2n) is 10.6. The summed E-state index contributed by atoms with van der Waals surface area (Å²) in [6.07, 6.45) is 22.3. The summed E-state index contributed by atoms with van der Waals surface area (Å²) in [5, 5.41) is 5.63. The van der Waals surface area contributed by atoms with E-state index in [9.17, 15) is 14.4 Å². The maximum atomic E-state index is 11.9. The smallest absolute Gasteiger partial charge is 0.245 e. The van der Waals surface area contributed by atoms with Gasteiger partial charge in [-0.15, -0.1) is 0 Å². The zero-order valence-electron chi connectivity index (χ0n) is 25.0. The van der Waals surface area contributed by atoms with Gasteiger partial charge in [0.2, 0.25) is 17.7 Å². The van der Waals surface area contributed by atoms with Crippen LogP contribution in [0.4, 0.5) is 0 Å². The number of nitrogens with one attached hydrogen (secondary N) is 2. The average Bonchev–Trinajstić information content (AvgIpc) is 2.91. The van der Waals surface area contributed by atoms with Crippen molar-refractivity contribution in [2.24, 2.45) is 11.5 Å². The Hall–Kier alpha value is -1.71. The minimum absolute atomic E-state index is 0.0276. The Morgan fingerprint density at radius 3 is 1.69 bits per heavy atom. The maximum absolute atomic E-state index is 11.9. The fourth-order valence-electron chi connectivity index (χ4n) is 4.30. The first-order valence-electron chi connectivity index (χ1n) is 15.7. The molecule has 0 aliphatic carbocycles. The molecule has 39 heavy (non-hydrogen) atoms. The third-order valence-corrected chi connectivity index (χ3v) is 6.81. The number of primary amides is 1. The number of amides is 3. The number of carbonyl (C=O) groups is 3. The van der Waals surface area contributed by atoms with E-state index in [1.54, 1.807) is 0 Å². The molecule has 0 aromatic rings. The van der Waals surface area contributed by atoms with Crippen LogP contribution in [0, 0.1) is 0 Å². The zero-order valence-corrected chi connectivity index (χ0v) is 25.0. The van der Waals surface area contributed by atoms with Crippen LogP contribution in [0.2, 0.25) is 0 Å². The third-order valence-electron chi connectivity index (χ3n) is 6.81. The van der Waals surface area contributed by atoms with Crippen molar-refractivity contribution in [3.8, 4) is 0 Å². The van der Waals surface area contributed by atoms with Crippen LogP contribution in [0.25, 0.3) is 0 Å². The first-order valence-corrected chi connectivity index (χ1v) is 15.7. The number of rotatable bonds is 30. The molecule has 0 heterocycles. The third kappa shape index (κ3) is 29.1. The van der Waals surface area contributed by atoms with Crippen molar-refractivity contribution in [3.05, 3.63) is 0 Å². The van der Waals surface area contributed by atoms with Gasteiger partial charge in [0.25, 0.3) is 0 Å². The van der Waals surface area contributed by atoms with E-state index >= 15 is 0 Å². The van der Waals surface area contributed by atoms with Crippen LogP contribution in [0.15, 0.2) is 0 Å². The summed E-state index contributed by atoms with van der Waals surface area (Å²) in [5.41, 5.74) is 10.6. The van der Waals surface area contributed by atoms with E-state index in [4.69, 9.17) is 20.9 Å². The molecule has 0 unspecified atom stereocenters. The van der Waals surface area contributed by atoms with E-state index in [-0.39, 0.29) is 18.4 Å². The molecule has 9 nitrogen and oxygen atoms in total. The summed E-state index contributed by atoms with van der Waals surface area (Å²) < 4.78 is 10.7. The second kappa shape index (κ2) is 29.3. The Labute approximate surface area is 238 Å². The Balaban J connectivity index is 3.28. The van der Waals surface area contributed by atoms with Crippen molar-refractivity contribution in [2.75, 3.05) is 39.5 Å². The molecule has 0 aromatic carbocycles. The van der Waals surface area contributed by atoms with E-state index in [0.717, 1.165) is 25.7 Å². The molecular weight excluding hydrogens is 496 g/mol. The summed E-state index contributed by atoms with van der Waals surface area (Å²) >= 11 is 0. The van der Waals surface area contributed by atoms with Crippen LogP contribution in [-0.4, -0.2) is 63.3 Å². The summed E-state index contributed by atoms with van der Waals surface area (Å²) in [5.74, 6) is -0.620. The normalized spacial score (nSPS) is 11.8. The van der Waals surface area contributed by atoms with Crippen LogP contribution in [0.3, 0.4) is 0 Å². The monoisotopic (exact) mass is 556 g/mol. The Morgan fingerprint density at radius 1 is 0.615 bits per heavy atom. The van der Waals surface area contributed by atoms with Gasteiger partial charge in [0.05, 0.1) is 25.9 Å². The molecular formula is C30H60N4O5. The van der Waals surface area contributed by atoms with Gasteiger partial charge in [0.15, 0.2) is 0 Å². The molecule has 0 aromatic heterocycles. The summed E-state index contributed by atoms with van der Waals surface area (Å²) in [6, 6.07) is -0.629. The van der Waals surface area contributed by atoms with E-state index in [2.05, 4.69) is 17.6 Å². The molecule has 0 saturated carbocycles. The molecule has 0 rings (SSSR count). The molecule has 0 aliphatic rings. The highest BCUT2D eigenvalue weighted by Gasteiger charge is 2.08. The van der Waals surface area contributed by atoms with Crippen molar-refractivity contribution < 1.29 is 23.9 Å². The number of carbonyl (C=O) groups excluding carboxylic acids is 3. The van der Waals surface area contributed by atoms with E-state index in [1.807, 2.05) is 0 Å². The highest BCUT2D eigenvalue weighted by Crippen LogP contribution is 2.13. The number of hydrogen-bond acceptors (Lipinski definition) is 6. The summed E-state index contributed by atoms with van der Waals surface area (Å²) in [7, 11) is 0. The molecule has 1 atom stereocenters. The lowest BCUT2D eigenvalue weighted by Gasteiger charge is -2.09. The van der Waals surface area contributed by atoms with Crippen molar-refractivity contribution in [1.82, 2.24) is 10.6 Å². The molecule has 9 heteroatoms. The Kier molecular flexibility index (Phi) is 28.0. The predicted octanol–water partition coefficient (Wildman–Crippen LogP) is 4.50. The summed E-state index contributed by atoms with van der Waals surface area (Å²) in [4.78, 5) is 34.4. The highest BCUT2D eigenvalue weighted by molar-refractivity contribution is 5.79. The fraction of sp³-hybridized carbons (Fsp3) is 0.900. The van der Waals surface area contributed by atoms with Crippen LogP contribution >= 0.6 is 0 Å². The minimum atomic E-state index is -0.629. The Bertz CT molecular complexity index is 592. The van der Waals surface area contributed by atoms with Crippen molar-refractivity contribution in [1.29, 1.82) is 0 Å². The molecule has 230 valence electrons. The van der Waals surface area contributed by atoms with Gasteiger partial charge >= 0.3 is 0 Å². The zero-order chi connectivity index (χ0) is 28.8. The van der Waals surface area contributed by atoms with E-state index in [1.165, 1.54) is 83.5 Å². The number of nitrogens with two attached hydrogens (primary N) is 2. The lowest BCUT2D eigenvalue weighted by Crippen LogP contribution is -2.36. The standard InChI is InChI=1S/C30H60N4O5/c1-2-3-4-5-6-7-8-9-10-11-12-13-14-15-16-20-28(35)34-22-23-38-24-25-39-26-29(36)33-21-18-17-19-27(31)30(32)37/h27H,2-26,31H2,1H3,(H2,32,37)(H,33,36)(H,34,35)/t27-/m0/s1. The molecule has 0 saturated heterocycles. The van der Waals surface area contributed by atoms with Crippen LogP contribution in [-0.2, 0) is 23.9 Å². The van der Waals surface area contributed by atoms with Crippen molar-refractivity contribution in [2.45, 2.75) is 135 Å². The first-order chi connectivity index (χ1) is 19.0. The number of unbranched alkanes of at least 4 members (excludes halogenated alkanes) is 15. The van der Waals surface area contributed by atoms with Gasteiger partial charge in [0.1, 0.15) is 6.61 Å². The van der Waals surface area contributed by atoms with Gasteiger partial charge < -0.3 is 31.6 Å². The van der Waals surface area contributed by atoms with Gasteiger partial charge in [-0.05, 0) is 25.7 Å². The van der Waals surface area contributed by atoms with Crippen LogP contribution in [0.1, 0.15) is 129 Å². The average molecular weight is 557 g/mol. The molecule has 0 bridgehead atoms. The van der Waals surface area contributed by atoms with Gasteiger partial charge in [-0.25, -0.2) is 0 Å². The number of ether oxygens (including phenoxy) is 2. The van der Waals surface area contributed by atoms with Crippen molar-refractivity contribution in [3.63, 3.8) is 0 Å².